The van der Waals surface area contributed by atoms with Crippen LogP contribution < -0.4 is 0 Å². The monoisotopic (exact) mass is 344 g/mol. The molecule has 1 saturated heterocycles. The number of hydrogen-bond donors (Lipinski definition) is 2. The topological polar surface area (TPSA) is 74.6 Å². The van der Waals surface area contributed by atoms with Gasteiger partial charge in [-0.15, -0.1) is 23.5 Å². The van der Waals surface area contributed by atoms with Gasteiger partial charge in [-0.1, -0.05) is 42.3 Å². The Kier molecular flexibility index (Phi) is 11.1. The molecule has 4 nitrogen and oxygen atoms in total. The summed E-state index contributed by atoms with van der Waals surface area (Å²) < 4.78 is 1.63. The third-order valence-electron chi connectivity index (χ3n) is 1.24. The van der Waals surface area contributed by atoms with Crippen LogP contribution >= 0.6 is 59.3 Å². The highest BCUT2D eigenvalue weighted by Crippen LogP contribution is 2.33. The van der Waals surface area contributed by atoms with E-state index < -0.39 is 11.9 Å². The Labute approximate surface area is 128 Å². The van der Waals surface area contributed by atoms with Crippen LogP contribution in [0.5, 0.6) is 0 Å². The van der Waals surface area contributed by atoms with E-state index in [-0.39, 0.29) is 11.5 Å². The van der Waals surface area contributed by atoms with Gasteiger partial charge in [-0.05, 0) is 0 Å². The molecule has 0 aromatic rings. The first-order valence-corrected chi connectivity index (χ1v) is 8.94. The van der Waals surface area contributed by atoms with Crippen LogP contribution in [0.15, 0.2) is 10.8 Å². The van der Waals surface area contributed by atoms with E-state index in [9.17, 15) is 9.59 Å². The molecule has 102 valence electrons. The Balaban J connectivity index is 0.000000397. The summed E-state index contributed by atoms with van der Waals surface area (Å²) in [5.74, 6) is 0.376. The van der Waals surface area contributed by atoms with Crippen molar-refractivity contribution in [3.05, 3.63) is 10.8 Å². The number of carboxylic acids is 2. The summed E-state index contributed by atoms with van der Waals surface area (Å²) >= 11 is 10.3. The Morgan fingerprint density at radius 2 is 1.56 bits per heavy atom. The molecule has 0 radical (unpaired) electrons. The predicted molar refractivity (Wildman–Crippen MR) is 86.8 cm³/mol. The Bertz CT molecular complexity index is 303. The molecule has 0 unspecified atom stereocenters. The highest BCUT2D eigenvalue weighted by Gasteiger charge is 2.05. The van der Waals surface area contributed by atoms with Crippen LogP contribution in [-0.4, -0.2) is 48.7 Å². The van der Waals surface area contributed by atoms with Gasteiger partial charge in [-0.25, -0.2) is 0 Å². The molecule has 0 bridgehead atoms. The summed E-state index contributed by atoms with van der Waals surface area (Å²) in [5, 5.41) is 16.5. The molecule has 0 atom stereocenters. The van der Waals surface area contributed by atoms with E-state index in [1.807, 2.05) is 23.5 Å². The van der Waals surface area contributed by atoms with E-state index in [0.717, 1.165) is 23.5 Å². The minimum absolute atomic E-state index is 0.120. The van der Waals surface area contributed by atoms with Crippen molar-refractivity contribution in [2.45, 2.75) is 0 Å². The van der Waals surface area contributed by atoms with Gasteiger partial charge < -0.3 is 10.2 Å². The lowest BCUT2D eigenvalue weighted by molar-refractivity contribution is -0.134. The van der Waals surface area contributed by atoms with Crippen molar-refractivity contribution in [3.63, 3.8) is 0 Å². The fourth-order valence-corrected chi connectivity index (χ4v) is 4.11. The lowest BCUT2D eigenvalue weighted by atomic mass is 10.8. The number of carbonyl (C=O) groups is 2. The molecular formula is C9H12O4S5. The van der Waals surface area contributed by atoms with Gasteiger partial charge in [0.1, 0.15) is 3.53 Å². The molecule has 9 heteroatoms. The molecule has 18 heavy (non-hydrogen) atoms. The van der Waals surface area contributed by atoms with Crippen molar-refractivity contribution in [2.24, 2.45) is 0 Å². The third kappa shape index (κ3) is 12.6. The Hall–Kier alpha value is 0.170. The van der Waals surface area contributed by atoms with Gasteiger partial charge in [0.05, 0.1) is 11.5 Å². The molecule has 0 saturated carbocycles. The minimum Gasteiger partial charge on any atom is -0.481 e. The summed E-state index contributed by atoms with van der Waals surface area (Å²) in [6.07, 6.45) is 0. The van der Waals surface area contributed by atoms with Crippen LogP contribution in [0.2, 0.25) is 0 Å². The van der Waals surface area contributed by atoms with Gasteiger partial charge in [-0.2, -0.15) is 0 Å². The van der Waals surface area contributed by atoms with Gasteiger partial charge in [0.15, 0.2) is 0 Å². The van der Waals surface area contributed by atoms with Gasteiger partial charge in [-0.3, -0.25) is 9.59 Å². The number of carboxylic acid groups (broad SMARTS) is 2. The first-order chi connectivity index (χ1) is 8.41. The van der Waals surface area contributed by atoms with E-state index in [4.69, 9.17) is 22.4 Å². The standard InChI is InChI=1S/C5H6O4S3.C4H6S2/c6-3(7)1-11-5(10)12-2-4(8)9;1-4-5-2-3-6-4/h1-2H2,(H,6,7)(H,8,9);1-3H2. The summed E-state index contributed by atoms with van der Waals surface area (Å²) in [7, 11) is 0. The maximum atomic E-state index is 10.0. The van der Waals surface area contributed by atoms with Crippen molar-refractivity contribution in [1.29, 1.82) is 0 Å². The first kappa shape index (κ1) is 18.2. The summed E-state index contributed by atoms with van der Waals surface area (Å²) in [4.78, 5) is 20.1. The Morgan fingerprint density at radius 3 is 1.78 bits per heavy atom. The number of thiocarbonyl (C=S) groups is 1. The normalized spacial score (nSPS) is 13.7. The van der Waals surface area contributed by atoms with Crippen LogP contribution in [0.3, 0.4) is 0 Å². The van der Waals surface area contributed by atoms with E-state index in [0.29, 0.717) is 3.53 Å². The van der Waals surface area contributed by atoms with Crippen molar-refractivity contribution < 1.29 is 19.8 Å². The van der Waals surface area contributed by atoms with Gasteiger partial charge in [0.2, 0.25) is 0 Å². The zero-order valence-corrected chi connectivity index (χ0v) is 13.4. The number of thioether (sulfide) groups is 4. The average Bonchev–Trinajstić information content (AvgIpc) is 2.75. The molecule has 0 aromatic heterocycles. The van der Waals surface area contributed by atoms with Crippen LogP contribution in [0, 0.1) is 0 Å². The van der Waals surface area contributed by atoms with Crippen LogP contribution in [0.4, 0.5) is 0 Å². The molecule has 0 amide bonds. The molecule has 1 heterocycles. The zero-order valence-electron chi connectivity index (χ0n) is 9.29. The summed E-state index contributed by atoms with van der Waals surface area (Å²) in [6, 6.07) is 0. The summed E-state index contributed by atoms with van der Waals surface area (Å²) in [5.41, 5.74) is 0. The minimum atomic E-state index is -0.960. The lowest BCUT2D eigenvalue weighted by Crippen LogP contribution is -2.02. The van der Waals surface area contributed by atoms with Crippen LogP contribution in [-0.2, 0) is 9.59 Å². The van der Waals surface area contributed by atoms with Crippen molar-refractivity contribution in [2.75, 3.05) is 23.0 Å². The maximum Gasteiger partial charge on any atom is 0.313 e. The fourth-order valence-electron chi connectivity index (χ4n) is 0.636. The van der Waals surface area contributed by atoms with Crippen LogP contribution in [0.1, 0.15) is 0 Å². The molecule has 0 spiro atoms. The quantitative estimate of drug-likeness (QED) is 0.749. The first-order valence-electron chi connectivity index (χ1n) is 4.59. The second-order valence-corrected chi connectivity index (χ2v) is 8.48. The predicted octanol–water partition coefficient (Wildman–Crippen LogP) is 2.84. The molecule has 1 rings (SSSR count). The van der Waals surface area contributed by atoms with Crippen LogP contribution in [0.25, 0.3) is 0 Å². The average molecular weight is 345 g/mol. The number of aliphatic carboxylic acids is 2. The van der Waals surface area contributed by atoms with Gasteiger partial charge in [0.25, 0.3) is 0 Å². The number of hydrogen-bond acceptors (Lipinski definition) is 7. The molecule has 1 fully saturated rings. The summed E-state index contributed by atoms with van der Waals surface area (Å²) in [6.45, 7) is 3.78. The van der Waals surface area contributed by atoms with Gasteiger partial charge in [0, 0.05) is 15.7 Å². The third-order valence-corrected chi connectivity index (χ3v) is 6.33. The van der Waals surface area contributed by atoms with Crippen molar-refractivity contribution >= 4 is 74.7 Å². The molecule has 0 aromatic carbocycles. The van der Waals surface area contributed by atoms with E-state index in [1.165, 1.54) is 15.7 Å². The highest BCUT2D eigenvalue weighted by atomic mass is 32.2. The second-order valence-electron chi connectivity index (χ2n) is 2.68. The lowest BCUT2D eigenvalue weighted by Gasteiger charge is -1.97. The zero-order chi connectivity index (χ0) is 14.0. The smallest absolute Gasteiger partial charge is 0.313 e. The van der Waals surface area contributed by atoms with Gasteiger partial charge >= 0.3 is 11.9 Å². The maximum absolute atomic E-state index is 10.0. The Morgan fingerprint density at radius 1 is 1.17 bits per heavy atom. The molecule has 0 aliphatic carbocycles. The SMILES string of the molecule is C=C1SCCS1.O=C(O)CSC(=S)SCC(=O)O. The molecule has 1 aliphatic heterocycles. The largest absolute Gasteiger partial charge is 0.481 e. The molecular weight excluding hydrogens is 332 g/mol. The molecule has 2 N–H and O–H groups in total. The second kappa shape index (κ2) is 11.0. The molecule has 1 aliphatic rings. The number of rotatable bonds is 4. The van der Waals surface area contributed by atoms with E-state index in [2.05, 4.69) is 6.58 Å². The van der Waals surface area contributed by atoms with Crippen molar-refractivity contribution in [3.8, 4) is 0 Å². The van der Waals surface area contributed by atoms with E-state index in [1.54, 1.807) is 0 Å². The van der Waals surface area contributed by atoms with Crippen molar-refractivity contribution in [1.82, 2.24) is 0 Å². The van der Waals surface area contributed by atoms with E-state index >= 15 is 0 Å². The highest BCUT2D eigenvalue weighted by molar-refractivity contribution is 8.47. The fraction of sp³-hybridized carbons (Fsp3) is 0.444.